The van der Waals surface area contributed by atoms with Crippen LogP contribution >= 0.6 is 11.6 Å². The molecule has 1 fully saturated rings. The fourth-order valence-electron chi connectivity index (χ4n) is 3.42. The van der Waals surface area contributed by atoms with E-state index in [9.17, 15) is 4.79 Å². The lowest BCUT2D eigenvalue weighted by atomic mass is 9.88. The minimum Gasteiger partial charge on any atom is -0.471 e. The molecule has 142 valence electrons. The minimum absolute atomic E-state index is 0.0236. The molecule has 1 aliphatic heterocycles. The number of carbonyl (C=O) groups is 1. The molecule has 0 saturated carbocycles. The normalized spacial score (nSPS) is 14.0. The third-order valence-electron chi connectivity index (χ3n) is 4.97. The van der Waals surface area contributed by atoms with Crippen LogP contribution in [0.2, 0.25) is 5.02 Å². The van der Waals surface area contributed by atoms with Gasteiger partial charge in [-0.2, -0.15) is 0 Å². The Morgan fingerprint density at radius 2 is 1.61 bits per heavy atom. The van der Waals surface area contributed by atoms with Gasteiger partial charge in [0.15, 0.2) is 0 Å². The maximum absolute atomic E-state index is 12.9. The van der Waals surface area contributed by atoms with Crippen molar-refractivity contribution in [3.63, 3.8) is 0 Å². The first-order valence-electron chi connectivity index (χ1n) is 9.35. The fraction of sp³-hybridized carbons (Fsp3) is 0.217. The molecule has 28 heavy (non-hydrogen) atoms. The third-order valence-corrected chi connectivity index (χ3v) is 5.19. The first kappa shape index (κ1) is 18.5. The second-order valence-electron chi connectivity index (χ2n) is 6.93. The largest absolute Gasteiger partial charge is 0.471 e. The van der Waals surface area contributed by atoms with Gasteiger partial charge in [-0.15, -0.1) is 0 Å². The van der Waals surface area contributed by atoms with Gasteiger partial charge in [0.2, 0.25) is 11.8 Å². The van der Waals surface area contributed by atoms with Gasteiger partial charge in [0.1, 0.15) is 6.10 Å². The zero-order chi connectivity index (χ0) is 19.3. The van der Waals surface area contributed by atoms with Crippen LogP contribution in [-0.2, 0) is 4.79 Å². The van der Waals surface area contributed by atoms with E-state index in [2.05, 4.69) is 29.2 Å². The summed E-state index contributed by atoms with van der Waals surface area (Å²) in [6, 6.07) is 23.9. The van der Waals surface area contributed by atoms with E-state index in [0.717, 1.165) is 11.1 Å². The van der Waals surface area contributed by atoms with Gasteiger partial charge in [0.25, 0.3) is 0 Å². The number of hydrogen-bond acceptors (Lipinski definition) is 3. The monoisotopic (exact) mass is 392 g/mol. The van der Waals surface area contributed by atoms with Gasteiger partial charge in [-0.05, 0) is 17.2 Å². The number of pyridine rings is 1. The first-order chi connectivity index (χ1) is 13.7. The Kier molecular flexibility index (Phi) is 5.58. The summed E-state index contributed by atoms with van der Waals surface area (Å²) in [4.78, 5) is 18.8. The molecule has 0 spiro atoms. The van der Waals surface area contributed by atoms with Crippen LogP contribution in [0.15, 0.2) is 79.0 Å². The summed E-state index contributed by atoms with van der Waals surface area (Å²) in [5.74, 6) is 0.724. The number of rotatable bonds is 6. The summed E-state index contributed by atoms with van der Waals surface area (Å²) in [6.07, 6.45) is 1.98. The van der Waals surface area contributed by atoms with Crippen molar-refractivity contribution in [2.45, 2.75) is 18.4 Å². The van der Waals surface area contributed by atoms with E-state index in [1.54, 1.807) is 18.3 Å². The topological polar surface area (TPSA) is 42.4 Å². The molecule has 1 saturated heterocycles. The van der Waals surface area contributed by atoms with E-state index in [-0.39, 0.29) is 17.9 Å². The van der Waals surface area contributed by atoms with Crippen molar-refractivity contribution in [3.05, 3.63) is 95.1 Å². The van der Waals surface area contributed by atoms with E-state index in [1.807, 2.05) is 41.3 Å². The van der Waals surface area contributed by atoms with E-state index in [1.165, 1.54) is 0 Å². The van der Waals surface area contributed by atoms with E-state index < -0.39 is 0 Å². The maximum Gasteiger partial charge on any atom is 0.223 e. The summed E-state index contributed by atoms with van der Waals surface area (Å²) in [5.41, 5.74) is 2.31. The molecular weight excluding hydrogens is 372 g/mol. The third kappa shape index (κ3) is 4.34. The molecule has 0 bridgehead atoms. The van der Waals surface area contributed by atoms with E-state index >= 15 is 0 Å². The molecular formula is C23H21ClN2O2. The van der Waals surface area contributed by atoms with Gasteiger partial charge in [-0.1, -0.05) is 72.3 Å². The highest BCUT2D eigenvalue weighted by molar-refractivity contribution is 6.30. The van der Waals surface area contributed by atoms with Crippen molar-refractivity contribution < 1.29 is 9.53 Å². The summed E-state index contributed by atoms with van der Waals surface area (Å²) < 4.78 is 5.80. The second-order valence-corrected chi connectivity index (χ2v) is 7.37. The average Bonchev–Trinajstić information content (AvgIpc) is 2.71. The Balaban J connectivity index is 1.38. The summed E-state index contributed by atoms with van der Waals surface area (Å²) >= 11 is 5.84. The Morgan fingerprint density at radius 3 is 2.14 bits per heavy atom. The van der Waals surface area contributed by atoms with E-state index in [0.29, 0.717) is 30.4 Å². The Labute approximate surface area is 169 Å². The predicted octanol–water partition coefficient (Wildman–Crippen LogP) is 4.55. The van der Waals surface area contributed by atoms with Crippen molar-refractivity contribution in [3.8, 4) is 5.88 Å². The highest BCUT2D eigenvalue weighted by Gasteiger charge is 2.33. The molecule has 3 aromatic rings. The predicted molar refractivity (Wildman–Crippen MR) is 110 cm³/mol. The van der Waals surface area contributed by atoms with Gasteiger partial charge in [-0.3, -0.25) is 4.79 Å². The van der Waals surface area contributed by atoms with Crippen LogP contribution in [-0.4, -0.2) is 35.0 Å². The number of carbonyl (C=O) groups excluding carboxylic acids is 1. The molecule has 4 nitrogen and oxygen atoms in total. The van der Waals surface area contributed by atoms with Crippen molar-refractivity contribution in [1.29, 1.82) is 0 Å². The molecule has 0 unspecified atom stereocenters. The molecule has 2 heterocycles. The second kappa shape index (κ2) is 8.44. The number of hydrogen-bond donors (Lipinski definition) is 0. The van der Waals surface area contributed by atoms with Gasteiger partial charge in [-0.25, -0.2) is 4.98 Å². The number of nitrogens with zero attached hydrogens (tertiary/aromatic N) is 2. The Morgan fingerprint density at radius 1 is 1.00 bits per heavy atom. The molecule has 1 amide bonds. The molecule has 1 aliphatic rings. The van der Waals surface area contributed by atoms with Crippen LogP contribution < -0.4 is 4.74 Å². The zero-order valence-electron chi connectivity index (χ0n) is 15.4. The maximum atomic E-state index is 12.9. The lowest BCUT2D eigenvalue weighted by Crippen LogP contribution is -2.56. The number of benzene rings is 2. The van der Waals surface area contributed by atoms with Gasteiger partial charge >= 0.3 is 0 Å². The van der Waals surface area contributed by atoms with Gasteiger partial charge in [0.05, 0.1) is 18.1 Å². The van der Waals surface area contributed by atoms with Crippen LogP contribution in [0.5, 0.6) is 5.88 Å². The number of halogens is 1. The highest BCUT2D eigenvalue weighted by atomic mass is 35.5. The zero-order valence-corrected chi connectivity index (χ0v) is 16.1. The molecule has 1 aromatic heterocycles. The van der Waals surface area contributed by atoms with Crippen molar-refractivity contribution in [2.24, 2.45) is 0 Å². The Bertz CT molecular complexity index is 871. The molecule has 0 aliphatic carbocycles. The smallest absolute Gasteiger partial charge is 0.223 e. The van der Waals surface area contributed by atoms with E-state index in [4.69, 9.17) is 16.3 Å². The SMILES string of the molecule is O=C(CC(c1ccccc1)c1ccccc1)N1CC(Oc2ccc(Cl)cn2)C1. The number of aromatic nitrogens is 1. The first-order valence-corrected chi connectivity index (χ1v) is 9.73. The number of likely N-dealkylation sites (tertiary alicyclic amines) is 1. The molecule has 4 rings (SSSR count). The van der Waals surface area contributed by atoms with Gasteiger partial charge in [0, 0.05) is 24.6 Å². The molecule has 5 heteroatoms. The van der Waals surface area contributed by atoms with Crippen LogP contribution in [0.1, 0.15) is 23.5 Å². The summed E-state index contributed by atoms with van der Waals surface area (Å²) in [7, 11) is 0. The standard InChI is InChI=1S/C23H21ClN2O2/c24-19-11-12-22(25-14-19)28-20-15-26(16-20)23(27)13-21(17-7-3-1-4-8-17)18-9-5-2-6-10-18/h1-12,14,20-21H,13,15-16H2. The Hall–Kier alpha value is -2.85. The highest BCUT2D eigenvalue weighted by Crippen LogP contribution is 2.29. The van der Waals surface area contributed by atoms with Crippen LogP contribution in [0, 0.1) is 0 Å². The van der Waals surface area contributed by atoms with Crippen molar-refractivity contribution in [1.82, 2.24) is 9.88 Å². The fourth-order valence-corrected chi connectivity index (χ4v) is 3.53. The van der Waals surface area contributed by atoms with Crippen LogP contribution in [0.3, 0.4) is 0 Å². The molecule has 0 radical (unpaired) electrons. The minimum atomic E-state index is -0.0236. The van der Waals surface area contributed by atoms with Gasteiger partial charge < -0.3 is 9.64 Å². The average molecular weight is 393 g/mol. The number of ether oxygens (including phenoxy) is 1. The quantitative estimate of drug-likeness (QED) is 0.618. The lowest BCUT2D eigenvalue weighted by molar-refractivity contribution is -0.140. The molecule has 0 N–H and O–H groups in total. The molecule has 0 atom stereocenters. The number of amides is 1. The van der Waals surface area contributed by atoms with Crippen molar-refractivity contribution in [2.75, 3.05) is 13.1 Å². The summed E-state index contributed by atoms with van der Waals surface area (Å²) in [5, 5.41) is 0.575. The molecule has 2 aromatic carbocycles. The van der Waals surface area contributed by atoms with Crippen molar-refractivity contribution >= 4 is 17.5 Å². The van der Waals surface area contributed by atoms with Crippen LogP contribution in [0.4, 0.5) is 0 Å². The summed E-state index contributed by atoms with van der Waals surface area (Å²) in [6.45, 7) is 1.17. The van der Waals surface area contributed by atoms with Crippen LogP contribution in [0.25, 0.3) is 0 Å². The lowest BCUT2D eigenvalue weighted by Gasteiger charge is -2.39.